The van der Waals surface area contributed by atoms with Crippen LogP contribution in [-0.4, -0.2) is 10.1 Å². The highest BCUT2D eigenvalue weighted by Gasteiger charge is 2.01. The number of nitrogens with zero attached hydrogens (tertiary/aromatic N) is 1. The van der Waals surface area contributed by atoms with Gasteiger partial charge in [0, 0.05) is 12.6 Å². The van der Waals surface area contributed by atoms with Crippen LogP contribution in [0.4, 0.5) is 0 Å². The fraction of sp³-hybridized carbons (Fsp3) is 0.333. The maximum Gasteiger partial charge on any atom is 0.194 e. The van der Waals surface area contributed by atoms with Gasteiger partial charge in [-0.3, -0.25) is 4.79 Å². The number of hydrogen-bond acceptors (Lipinski definition) is 3. The standard InChI is InChI=1S/C9H11NOS/c1-3-9(11)12-8-5-4-7(2)6-10-8/h4-6H,3H2,1-2H3. The SMILES string of the molecule is CCC(=O)Sc1ccc(C)cn1. The van der Waals surface area contributed by atoms with Crippen molar-refractivity contribution in [2.75, 3.05) is 0 Å². The van der Waals surface area contributed by atoms with Gasteiger partial charge in [0.25, 0.3) is 0 Å². The molecule has 0 atom stereocenters. The fourth-order valence-electron chi connectivity index (χ4n) is 0.703. The number of aryl methyl sites for hydroxylation is 1. The number of thioether (sulfide) groups is 1. The number of carbonyl (C=O) groups is 1. The summed E-state index contributed by atoms with van der Waals surface area (Å²) < 4.78 is 0. The first-order valence-electron chi connectivity index (χ1n) is 3.85. The molecule has 1 aromatic heterocycles. The molecule has 0 saturated carbocycles. The summed E-state index contributed by atoms with van der Waals surface area (Å²) in [6.45, 7) is 3.83. The number of hydrogen-bond donors (Lipinski definition) is 0. The van der Waals surface area contributed by atoms with Crippen LogP contribution in [0.15, 0.2) is 23.4 Å². The van der Waals surface area contributed by atoms with Crippen LogP contribution in [0.3, 0.4) is 0 Å². The Labute approximate surface area is 76.4 Å². The summed E-state index contributed by atoms with van der Waals surface area (Å²) in [6, 6.07) is 3.83. The first-order valence-corrected chi connectivity index (χ1v) is 4.67. The van der Waals surface area contributed by atoms with E-state index in [9.17, 15) is 4.79 Å². The lowest BCUT2D eigenvalue weighted by atomic mass is 10.3. The van der Waals surface area contributed by atoms with Crippen molar-refractivity contribution in [2.24, 2.45) is 0 Å². The molecular formula is C9H11NOS. The Hall–Kier alpha value is -0.830. The van der Waals surface area contributed by atoms with Gasteiger partial charge in [-0.2, -0.15) is 0 Å². The zero-order valence-electron chi connectivity index (χ0n) is 7.20. The summed E-state index contributed by atoms with van der Waals surface area (Å²) in [7, 11) is 0. The second-order valence-electron chi connectivity index (χ2n) is 2.50. The fourth-order valence-corrected chi connectivity index (χ4v) is 1.32. The number of carbonyl (C=O) groups excluding carboxylic acids is 1. The van der Waals surface area contributed by atoms with Crippen molar-refractivity contribution in [3.05, 3.63) is 23.9 Å². The molecule has 0 aliphatic heterocycles. The van der Waals surface area contributed by atoms with Crippen molar-refractivity contribution in [2.45, 2.75) is 25.3 Å². The van der Waals surface area contributed by atoms with E-state index in [0.29, 0.717) is 6.42 Å². The largest absolute Gasteiger partial charge is 0.287 e. The summed E-state index contributed by atoms with van der Waals surface area (Å²) in [6.07, 6.45) is 2.32. The van der Waals surface area contributed by atoms with E-state index < -0.39 is 0 Å². The molecule has 0 radical (unpaired) electrons. The maximum absolute atomic E-state index is 11.0. The molecule has 0 fully saturated rings. The Balaban J connectivity index is 2.64. The van der Waals surface area contributed by atoms with Crippen LogP contribution in [0.25, 0.3) is 0 Å². The average Bonchev–Trinajstić information content (AvgIpc) is 2.09. The minimum absolute atomic E-state index is 0.159. The van der Waals surface area contributed by atoms with E-state index in [1.165, 1.54) is 11.8 Å². The lowest BCUT2D eigenvalue weighted by Crippen LogP contribution is -1.89. The molecule has 1 heterocycles. The molecule has 0 aromatic carbocycles. The van der Waals surface area contributed by atoms with Crippen LogP contribution in [-0.2, 0) is 4.79 Å². The zero-order chi connectivity index (χ0) is 8.97. The van der Waals surface area contributed by atoms with Gasteiger partial charge in [0.1, 0.15) is 5.03 Å². The van der Waals surface area contributed by atoms with Gasteiger partial charge in [-0.25, -0.2) is 4.98 Å². The lowest BCUT2D eigenvalue weighted by Gasteiger charge is -1.97. The van der Waals surface area contributed by atoms with Gasteiger partial charge in [-0.15, -0.1) is 0 Å². The Kier molecular flexibility index (Phi) is 3.29. The number of pyridine rings is 1. The zero-order valence-corrected chi connectivity index (χ0v) is 8.02. The normalized spacial score (nSPS) is 9.83. The predicted molar refractivity (Wildman–Crippen MR) is 50.1 cm³/mol. The van der Waals surface area contributed by atoms with Crippen LogP contribution in [0.1, 0.15) is 18.9 Å². The van der Waals surface area contributed by atoms with Crippen molar-refractivity contribution in [1.82, 2.24) is 4.98 Å². The second-order valence-corrected chi connectivity index (χ2v) is 3.58. The first kappa shape index (κ1) is 9.26. The molecule has 12 heavy (non-hydrogen) atoms. The highest BCUT2D eigenvalue weighted by molar-refractivity contribution is 8.13. The van der Waals surface area contributed by atoms with Gasteiger partial charge in [0.2, 0.25) is 0 Å². The van der Waals surface area contributed by atoms with Crippen molar-refractivity contribution >= 4 is 16.9 Å². The van der Waals surface area contributed by atoms with Gasteiger partial charge in [-0.1, -0.05) is 13.0 Å². The van der Waals surface area contributed by atoms with Crippen LogP contribution in [0, 0.1) is 6.92 Å². The van der Waals surface area contributed by atoms with Gasteiger partial charge >= 0.3 is 0 Å². The molecule has 0 spiro atoms. The summed E-state index contributed by atoms with van der Waals surface area (Å²) in [5, 5.41) is 0.943. The molecule has 64 valence electrons. The summed E-state index contributed by atoms with van der Waals surface area (Å²) in [5.41, 5.74) is 1.11. The molecule has 1 aromatic rings. The number of aromatic nitrogens is 1. The van der Waals surface area contributed by atoms with Crippen molar-refractivity contribution in [1.29, 1.82) is 0 Å². The molecular weight excluding hydrogens is 170 g/mol. The molecule has 0 aliphatic carbocycles. The molecule has 3 heteroatoms. The minimum atomic E-state index is 0.159. The average molecular weight is 181 g/mol. The smallest absolute Gasteiger partial charge is 0.194 e. The molecule has 2 nitrogen and oxygen atoms in total. The number of rotatable bonds is 2. The van der Waals surface area contributed by atoms with E-state index >= 15 is 0 Å². The van der Waals surface area contributed by atoms with Crippen molar-refractivity contribution < 1.29 is 4.79 Å². The van der Waals surface area contributed by atoms with E-state index in [-0.39, 0.29) is 5.12 Å². The Morgan fingerprint density at radius 3 is 2.83 bits per heavy atom. The van der Waals surface area contributed by atoms with E-state index in [4.69, 9.17) is 0 Å². The highest BCUT2D eigenvalue weighted by atomic mass is 32.2. The van der Waals surface area contributed by atoms with E-state index in [2.05, 4.69) is 4.98 Å². The first-order chi connectivity index (χ1) is 5.72. The molecule has 0 saturated heterocycles. The van der Waals surface area contributed by atoms with E-state index in [1.807, 2.05) is 26.0 Å². The summed E-state index contributed by atoms with van der Waals surface area (Å²) >= 11 is 1.20. The topological polar surface area (TPSA) is 30.0 Å². The van der Waals surface area contributed by atoms with E-state index in [1.54, 1.807) is 6.20 Å². The van der Waals surface area contributed by atoms with Gasteiger partial charge in [-0.05, 0) is 30.3 Å². The monoisotopic (exact) mass is 181 g/mol. The van der Waals surface area contributed by atoms with Crippen LogP contribution in [0.5, 0.6) is 0 Å². The molecule has 0 aliphatic rings. The van der Waals surface area contributed by atoms with Gasteiger partial charge < -0.3 is 0 Å². The molecule has 1 rings (SSSR count). The molecule has 0 N–H and O–H groups in total. The highest BCUT2D eigenvalue weighted by Crippen LogP contribution is 2.16. The van der Waals surface area contributed by atoms with E-state index in [0.717, 1.165) is 10.6 Å². The Morgan fingerprint density at radius 2 is 2.33 bits per heavy atom. The van der Waals surface area contributed by atoms with Crippen LogP contribution < -0.4 is 0 Å². The maximum atomic E-state index is 11.0. The Bertz CT molecular complexity index is 268. The van der Waals surface area contributed by atoms with Crippen LogP contribution >= 0.6 is 11.8 Å². The summed E-state index contributed by atoms with van der Waals surface area (Å²) in [4.78, 5) is 15.1. The second kappa shape index (κ2) is 4.26. The molecule has 0 bridgehead atoms. The quantitative estimate of drug-likeness (QED) is 0.656. The summed E-state index contributed by atoms with van der Waals surface area (Å²) in [5.74, 6) is 0. The van der Waals surface area contributed by atoms with Crippen LogP contribution in [0.2, 0.25) is 0 Å². The lowest BCUT2D eigenvalue weighted by molar-refractivity contribution is -0.110. The third-order valence-electron chi connectivity index (χ3n) is 1.39. The third-order valence-corrected chi connectivity index (χ3v) is 2.36. The predicted octanol–water partition coefficient (Wildman–Crippen LogP) is 2.42. The van der Waals surface area contributed by atoms with Gasteiger partial charge in [0.05, 0.1) is 0 Å². The Morgan fingerprint density at radius 1 is 1.58 bits per heavy atom. The molecule has 0 amide bonds. The van der Waals surface area contributed by atoms with Crippen molar-refractivity contribution in [3.8, 4) is 0 Å². The minimum Gasteiger partial charge on any atom is -0.287 e. The third kappa shape index (κ3) is 2.66. The molecule has 0 unspecified atom stereocenters. The van der Waals surface area contributed by atoms with Gasteiger partial charge in [0.15, 0.2) is 5.12 Å². The van der Waals surface area contributed by atoms with Crippen molar-refractivity contribution in [3.63, 3.8) is 0 Å².